The number of benzene rings is 3. The molecule has 5 rings (SSSR count). The van der Waals surface area contributed by atoms with E-state index < -0.39 is 9.84 Å². The minimum Gasteiger partial charge on any atom is -0.486 e. The number of ether oxygens (including phenoxy) is 2. The topological polar surface area (TPSA) is 77.5 Å². The standard InChI is InChI=1S/C25H21ClN2O4S/c1-2-16-3-9-21-20(13-16)25(28-18-6-10-22-23(14-18)32-12-11-31-22)24(15-27-21)33(29,30)19-7-4-17(26)5-8-19/h3-10,13-15H,2,11-12H2,1H3,(H,27,28). The van der Waals surface area contributed by atoms with E-state index in [0.29, 0.717) is 46.6 Å². The number of halogens is 1. The summed E-state index contributed by atoms with van der Waals surface area (Å²) in [5.41, 5.74) is 2.92. The van der Waals surface area contributed by atoms with Crippen molar-refractivity contribution in [3.05, 3.63) is 77.4 Å². The molecule has 0 saturated carbocycles. The number of aryl methyl sites for hydroxylation is 1. The molecular formula is C25H21ClN2O4S. The van der Waals surface area contributed by atoms with Gasteiger partial charge in [-0.05, 0) is 60.5 Å². The maximum Gasteiger partial charge on any atom is 0.210 e. The van der Waals surface area contributed by atoms with Gasteiger partial charge in [-0.3, -0.25) is 4.98 Å². The van der Waals surface area contributed by atoms with E-state index in [1.807, 2.05) is 36.4 Å². The largest absolute Gasteiger partial charge is 0.486 e. The molecule has 0 saturated heterocycles. The van der Waals surface area contributed by atoms with Crippen LogP contribution < -0.4 is 14.8 Å². The number of pyridine rings is 1. The number of hydrogen-bond acceptors (Lipinski definition) is 6. The Labute approximate surface area is 197 Å². The monoisotopic (exact) mass is 480 g/mol. The minimum absolute atomic E-state index is 0.0838. The fourth-order valence-electron chi connectivity index (χ4n) is 3.78. The van der Waals surface area contributed by atoms with Gasteiger partial charge < -0.3 is 14.8 Å². The molecule has 168 valence electrons. The molecule has 33 heavy (non-hydrogen) atoms. The van der Waals surface area contributed by atoms with Gasteiger partial charge in [-0.1, -0.05) is 24.6 Å². The van der Waals surface area contributed by atoms with Gasteiger partial charge in [0.05, 0.1) is 16.1 Å². The third-order valence-electron chi connectivity index (χ3n) is 5.53. The van der Waals surface area contributed by atoms with E-state index in [0.717, 1.165) is 17.4 Å². The summed E-state index contributed by atoms with van der Waals surface area (Å²) in [7, 11) is -3.87. The van der Waals surface area contributed by atoms with Gasteiger partial charge in [0.25, 0.3) is 0 Å². The fraction of sp³-hybridized carbons (Fsp3) is 0.160. The number of rotatable bonds is 5. The molecule has 0 amide bonds. The zero-order valence-corrected chi connectivity index (χ0v) is 19.4. The third kappa shape index (κ3) is 4.10. The number of nitrogens with zero attached hydrogens (tertiary/aromatic N) is 1. The lowest BCUT2D eigenvalue weighted by atomic mass is 10.1. The number of anilines is 2. The molecule has 0 bridgehead atoms. The predicted octanol–water partition coefficient (Wildman–Crippen LogP) is 5.80. The highest BCUT2D eigenvalue weighted by atomic mass is 35.5. The molecule has 4 aromatic rings. The number of hydrogen-bond donors (Lipinski definition) is 1. The smallest absolute Gasteiger partial charge is 0.210 e. The molecule has 0 atom stereocenters. The van der Waals surface area contributed by atoms with Gasteiger partial charge in [0, 0.05) is 28.4 Å². The van der Waals surface area contributed by atoms with Crippen molar-refractivity contribution in [2.45, 2.75) is 23.1 Å². The van der Waals surface area contributed by atoms with Crippen molar-refractivity contribution in [1.29, 1.82) is 0 Å². The molecule has 1 aliphatic heterocycles. The van der Waals surface area contributed by atoms with Crippen molar-refractivity contribution in [3.63, 3.8) is 0 Å². The molecule has 0 radical (unpaired) electrons. The van der Waals surface area contributed by atoms with Crippen LogP contribution in [0.4, 0.5) is 11.4 Å². The molecule has 1 aromatic heterocycles. The molecule has 3 aromatic carbocycles. The quantitative estimate of drug-likeness (QED) is 0.389. The van der Waals surface area contributed by atoms with Crippen molar-refractivity contribution >= 4 is 43.7 Å². The zero-order chi connectivity index (χ0) is 23.0. The molecule has 0 unspecified atom stereocenters. The molecule has 0 aliphatic carbocycles. The predicted molar refractivity (Wildman–Crippen MR) is 129 cm³/mol. The lowest BCUT2D eigenvalue weighted by molar-refractivity contribution is 0.171. The fourth-order valence-corrected chi connectivity index (χ4v) is 5.28. The van der Waals surface area contributed by atoms with Crippen molar-refractivity contribution in [3.8, 4) is 11.5 Å². The Morgan fingerprint density at radius 1 is 0.970 bits per heavy atom. The van der Waals surface area contributed by atoms with Gasteiger partial charge in [0.2, 0.25) is 9.84 Å². The van der Waals surface area contributed by atoms with E-state index >= 15 is 0 Å². The second-order valence-electron chi connectivity index (χ2n) is 7.64. The normalized spacial score (nSPS) is 13.2. The van der Waals surface area contributed by atoms with Crippen molar-refractivity contribution in [2.75, 3.05) is 18.5 Å². The molecule has 8 heteroatoms. The summed E-state index contributed by atoms with van der Waals surface area (Å²) in [6, 6.07) is 17.5. The number of fused-ring (bicyclic) bond motifs is 2. The van der Waals surface area contributed by atoms with Crippen LogP contribution in [0.3, 0.4) is 0 Å². The van der Waals surface area contributed by atoms with Crippen LogP contribution >= 0.6 is 11.6 Å². The Hall–Kier alpha value is -3.29. The van der Waals surface area contributed by atoms with E-state index in [1.54, 1.807) is 12.1 Å². The summed E-state index contributed by atoms with van der Waals surface area (Å²) in [5.74, 6) is 1.27. The van der Waals surface area contributed by atoms with Gasteiger partial charge in [-0.25, -0.2) is 8.42 Å². The van der Waals surface area contributed by atoms with E-state index in [1.165, 1.54) is 18.3 Å². The summed E-state index contributed by atoms with van der Waals surface area (Å²) in [6.07, 6.45) is 2.21. The molecule has 0 fully saturated rings. The van der Waals surface area contributed by atoms with Gasteiger partial charge in [-0.2, -0.15) is 0 Å². The summed E-state index contributed by atoms with van der Waals surface area (Å²) in [4.78, 5) is 4.68. The van der Waals surface area contributed by atoms with Crippen LogP contribution in [0.2, 0.25) is 5.02 Å². The van der Waals surface area contributed by atoms with Crippen LogP contribution in [0.5, 0.6) is 11.5 Å². The Bertz CT molecular complexity index is 1450. The van der Waals surface area contributed by atoms with E-state index in [4.69, 9.17) is 21.1 Å². The van der Waals surface area contributed by atoms with Gasteiger partial charge in [-0.15, -0.1) is 0 Å². The molecular weight excluding hydrogens is 460 g/mol. The minimum atomic E-state index is -3.87. The molecule has 0 spiro atoms. The second kappa shape index (κ2) is 8.57. The first-order chi connectivity index (χ1) is 16.0. The van der Waals surface area contributed by atoms with Crippen LogP contribution in [-0.2, 0) is 16.3 Å². The van der Waals surface area contributed by atoms with Gasteiger partial charge >= 0.3 is 0 Å². The average Bonchev–Trinajstić information content (AvgIpc) is 2.84. The lowest BCUT2D eigenvalue weighted by Crippen LogP contribution is -2.15. The average molecular weight is 481 g/mol. The van der Waals surface area contributed by atoms with E-state index in [9.17, 15) is 8.42 Å². The molecule has 2 heterocycles. The SMILES string of the molecule is CCc1ccc2ncc(S(=O)(=O)c3ccc(Cl)cc3)c(Nc3ccc4c(c3)OCCO4)c2c1. The second-order valence-corrected chi connectivity index (χ2v) is 10.00. The van der Waals surface area contributed by atoms with Crippen LogP contribution in [0.1, 0.15) is 12.5 Å². The van der Waals surface area contributed by atoms with Crippen molar-refractivity contribution < 1.29 is 17.9 Å². The summed E-state index contributed by atoms with van der Waals surface area (Å²) in [5, 5.41) is 4.51. The summed E-state index contributed by atoms with van der Waals surface area (Å²) in [6.45, 7) is 3.01. The van der Waals surface area contributed by atoms with Crippen LogP contribution in [0, 0.1) is 0 Å². The van der Waals surface area contributed by atoms with Gasteiger partial charge in [0.15, 0.2) is 11.5 Å². The highest BCUT2D eigenvalue weighted by molar-refractivity contribution is 7.91. The zero-order valence-electron chi connectivity index (χ0n) is 17.8. The Kier molecular flexibility index (Phi) is 5.60. The lowest BCUT2D eigenvalue weighted by Gasteiger charge is -2.20. The van der Waals surface area contributed by atoms with E-state index in [-0.39, 0.29) is 9.79 Å². The van der Waals surface area contributed by atoms with Crippen LogP contribution in [0.15, 0.2) is 76.7 Å². The summed E-state index contributed by atoms with van der Waals surface area (Å²) < 4.78 is 38.5. The van der Waals surface area contributed by atoms with E-state index in [2.05, 4.69) is 17.2 Å². The number of sulfone groups is 1. The van der Waals surface area contributed by atoms with Crippen LogP contribution in [-0.4, -0.2) is 26.6 Å². The first kappa shape index (κ1) is 21.6. The molecule has 1 aliphatic rings. The third-order valence-corrected chi connectivity index (χ3v) is 7.56. The van der Waals surface area contributed by atoms with Crippen molar-refractivity contribution in [2.24, 2.45) is 0 Å². The summed E-state index contributed by atoms with van der Waals surface area (Å²) >= 11 is 5.97. The maximum atomic E-state index is 13.6. The Balaban J connectivity index is 1.70. The highest BCUT2D eigenvalue weighted by Gasteiger charge is 2.25. The molecule has 1 N–H and O–H groups in total. The first-order valence-electron chi connectivity index (χ1n) is 10.5. The Morgan fingerprint density at radius 2 is 1.73 bits per heavy atom. The number of aromatic nitrogens is 1. The van der Waals surface area contributed by atoms with Crippen LogP contribution in [0.25, 0.3) is 10.9 Å². The Morgan fingerprint density at radius 3 is 2.48 bits per heavy atom. The maximum absolute atomic E-state index is 13.6. The first-order valence-corrected chi connectivity index (χ1v) is 12.4. The number of nitrogens with one attached hydrogen (secondary N) is 1. The van der Waals surface area contributed by atoms with Crippen molar-refractivity contribution in [1.82, 2.24) is 4.98 Å². The molecule has 6 nitrogen and oxygen atoms in total. The highest BCUT2D eigenvalue weighted by Crippen LogP contribution is 2.38. The van der Waals surface area contributed by atoms with Gasteiger partial charge in [0.1, 0.15) is 18.1 Å².